The molecule has 2 N–H and O–H groups in total. The molecule has 4 aromatic rings. The molecular weight excluding hydrogens is 722 g/mol. The summed E-state index contributed by atoms with van der Waals surface area (Å²) in [6.45, 7) is 6.65. The summed E-state index contributed by atoms with van der Waals surface area (Å²) in [5, 5.41) is 17.5. The standard InChI is InChI=1S/C38H45ClF2N8O5/c1-22(2)34-28(20-48(44-34)15-16-54-6)25-9-10-27(33(41)32(25)40)30-19-42-35(45(30)3)36(51)43-23-7-8-26(29(39)17-23)37(52)46-11-13-47(14-12-46)38(53)31-18-24(50)21-49(31,4)5/h7-10,17,19-20,22,24,31,50H,11-16,18,21H2,1-6H3/p+1/t24-,31+/m1/s1. The molecule has 16 heteroatoms. The summed E-state index contributed by atoms with van der Waals surface area (Å²) in [7, 11) is 6.98. The number of hydrogen-bond donors (Lipinski definition) is 2. The second-order valence-electron chi connectivity index (χ2n) is 14.8. The molecule has 4 heterocycles. The minimum Gasteiger partial charge on any atom is -0.387 e. The second-order valence-corrected chi connectivity index (χ2v) is 15.2. The van der Waals surface area contributed by atoms with Gasteiger partial charge in [-0.05, 0) is 30.2 Å². The number of anilines is 1. The van der Waals surface area contributed by atoms with Crippen LogP contribution in [0.15, 0.2) is 42.7 Å². The Kier molecular flexibility index (Phi) is 11.2. The number of methoxy groups -OCH3 is 1. The van der Waals surface area contributed by atoms with E-state index >= 15 is 8.78 Å². The normalized spacial score (nSPS) is 18.4. The lowest BCUT2D eigenvalue weighted by atomic mass is 9.97. The third-order valence-corrected chi connectivity index (χ3v) is 10.7. The lowest BCUT2D eigenvalue weighted by molar-refractivity contribution is -0.894. The fourth-order valence-electron chi connectivity index (χ4n) is 7.35. The van der Waals surface area contributed by atoms with Crippen molar-refractivity contribution in [2.75, 3.05) is 65.9 Å². The first-order valence-corrected chi connectivity index (χ1v) is 18.3. The molecule has 54 heavy (non-hydrogen) atoms. The van der Waals surface area contributed by atoms with Gasteiger partial charge < -0.3 is 34.0 Å². The number of aromatic nitrogens is 4. The number of halogens is 3. The second kappa shape index (κ2) is 15.6. The minimum atomic E-state index is -1.08. The summed E-state index contributed by atoms with van der Waals surface area (Å²) >= 11 is 6.54. The van der Waals surface area contributed by atoms with E-state index in [0.717, 1.165) is 0 Å². The Morgan fingerprint density at radius 3 is 2.33 bits per heavy atom. The van der Waals surface area contributed by atoms with Gasteiger partial charge in [0.1, 0.15) is 12.6 Å². The number of nitrogens with one attached hydrogen (secondary N) is 1. The Morgan fingerprint density at radius 2 is 1.70 bits per heavy atom. The van der Waals surface area contributed by atoms with E-state index in [4.69, 9.17) is 16.3 Å². The molecule has 0 aliphatic carbocycles. The van der Waals surface area contributed by atoms with Crippen molar-refractivity contribution >= 4 is 35.0 Å². The van der Waals surface area contributed by atoms with Gasteiger partial charge in [-0.15, -0.1) is 0 Å². The summed E-state index contributed by atoms with van der Waals surface area (Å²) in [4.78, 5) is 47.5. The number of likely N-dealkylation sites (N-methyl/N-ethyl adjacent to an activating group) is 1. The highest BCUT2D eigenvalue weighted by Gasteiger charge is 2.46. The molecule has 6 rings (SSSR count). The van der Waals surface area contributed by atoms with Crippen LogP contribution in [0, 0.1) is 11.6 Å². The van der Waals surface area contributed by atoms with Crippen LogP contribution >= 0.6 is 11.6 Å². The number of hydrogen-bond acceptors (Lipinski definition) is 7. The average Bonchev–Trinajstić information content (AvgIpc) is 3.81. The number of amides is 3. The van der Waals surface area contributed by atoms with E-state index in [1.807, 2.05) is 27.9 Å². The van der Waals surface area contributed by atoms with Crippen LogP contribution in [0.4, 0.5) is 14.5 Å². The van der Waals surface area contributed by atoms with Crippen LogP contribution in [0.3, 0.4) is 0 Å². The molecule has 0 radical (unpaired) electrons. The van der Waals surface area contributed by atoms with E-state index in [2.05, 4.69) is 15.4 Å². The zero-order valence-corrected chi connectivity index (χ0v) is 32.0. The molecule has 2 aromatic carbocycles. The Balaban J connectivity index is 1.12. The monoisotopic (exact) mass is 767 g/mol. The van der Waals surface area contributed by atoms with Crippen molar-refractivity contribution in [3.05, 3.63) is 76.5 Å². The summed E-state index contributed by atoms with van der Waals surface area (Å²) in [6, 6.07) is 7.15. The van der Waals surface area contributed by atoms with E-state index in [9.17, 15) is 19.5 Å². The first-order chi connectivity index (χ1) is 25.6. The van der Waals surface area contributed by atoms with Crippen molar-refractivity contribution in [1.29, 1.82) is 0 Å². The van der Waals surface area contributed by atoms with Crippen molar-refractivity contribution in [3.8, 4) is 22.4 Å². The lowest BCUT2D eigenvalue weighted by Crippen LogP contribution is -2.58. The lowest BCUT2D eigenvalue weighted by Gasteiger charge is -2.38. The van der Waals surface area contributed by atoms with E-state index < -0.39 is 23.6 Å². The van der Waals surface area contributed by atoms with Gasteiger partial charge in [0, 0.05) is 75.3 Å². The average molecular weight is 768 g/mol. The largest absolute Gasteiger partial charge is 0.387 e. The van der Waals surface area contributed by atoms with E-state index in [-0.39, 0.29) is 57.0 Å². The number of aliphatic hydroxyl groups is 1. The molecule has 0 unspecified atom stereocenters. The summed E-state index contributed by atoms with van der Waals surface area (Å²) in [5.41, 5.74) is 1.85. The van der Waals surface area contributed by atoms with Gasteiger partial charge in [0.25, 0.3) is 17.7 Å². The SMILES string of the molecule is COCCn1cc(-c2ccc(-c3cnc(C(=O)Nc4ccc(C(=O)N5CCN(C(=O)[C@@H]6C[C@@H](O)C[N+]6(C)C)CC5)c(Cl)c4)n3C)c(F)c2F)c(C(C)C)n1. The van der Waals surface area contributed by atoms with Crippen molar-refractivity contribution in [2.45, 2.75) is 44.9 Å². The number of aliphatic hydroxyl groups excluding tert-OH is 1. The van der Waals surface area contributed by atoms with Gasteiger partial charge >= 0.3 is 0 Å². The highest BCUT2D eigenvalue weighted by atomic mass is 35.5. The number of piperazine rings is 1. The van der Waals surface area contributed by atoms with E-state index in [0.29, 0.717) is 73.7 Å². The molecular formula is C38H46ClF2N8O5+. The molecule has 3 amide bonds. The summed E-state index contributed by atoms with van der Waals surface area (Å²) in [5.74, 6) is -3.17. The molecule has 2 fully saturated rings. The molecule has 0 bridgehead atoms. The molecule has 2 aliphatic rings. The van der Waals surface area contributed by atoms with Crippen LogP contribution in [0.5, 0.6) is 0 Å². The maximum Gasteiger partial charge on any atom is 0.291 e. The van der Waals surface area contributed by atoms with Crippen LogP contribution in [0.1, 0.15) is 52.9 Å². The number of likely N-dealkylation sites (tertiary alicyclic amines) is 1. The van der Waals surface area contributed by atoms with Gasteiger partial charge in [-0.2, -0.15) is 5.10 Å². The zero-order valence-electron chi connectivity index (χ0n) is 31.3. The third-order valence-electron chi connectivity index (χ3n) is 10.3. The fraction of sp³-hybridized carbons (Fsp3) is 0.447. The summed E-state index contributed by atoms with van der Waals surface area (Å²) < 4.78 is 40.0. The predicted molar refractivity (Wildman–Crippen MR) is 199 cm³/mol. The maximum atomic E-state index is 15.7. The van der Waals surface area contributed by atoms with Gasteiger partial charge in [0.05, 0.1) is 55.4 Å². The highest BCUT2D eigenvalue weighted by molar-refractivity contribution is 6.34. The first kappa shape index (κ1) is 39.0. The summed E-state index contributed by atoms with van der Waals surface area (Å²) in [6.07, 6.45) is 2.89. The van der Waals surface area contributed by atoms with Gasteiger partial charge in [0.15, 0.2) is 23.5 Å². The molecule has 2 aliphatic heterocycles. The fourth-order valence-corrected chi connectivity index (χ4v) is 7.61. The third kappa shape index (κ3) is 7.63. The van der Waals surface area contributed by atoms with Crippen molar-refractivity contribution in [2.24, 2.45) is 7.05 Å². The topological polar surface area (TPSA) is 135 Å². The van der Waals surface area contributed by atoms with Crippen molar-refractivity contribution in [1.82, 2.24) is 29.1 Å². The van der Waals surface area contributed by atoms with Gasteiger partial charge in [-0.25, -0.2) is 13.8 Å². The predicted octanol–water partition coefficient (Wildman–Crippen LogP) is 4.40. The van der Waals surface area contributed by atoms with Crippen LogP contribution in [-0.2, 0) is 23.1 Å². The molecule has 2 aromatic heterocycles. The van der Waals surface area contributed by atoms with E-state index in [1.165, 1.54) is 42.1 Å². The first-order valence-electron chi connectivity index (χ1n) is 17.9. The van der Waals surface area contributed by atoms with Crippen LogP contribution in [0.2, 0.25) is 5.02 Å². The number of nitrogens with zero attached hydrogens (tertiary/aromatic N) is 7. The number of ether oxygens (including phenoxy) is 1. The Labute approximate surface area is 317 Å². The quantitative estimate of drug-likeness (QED) is 0.229. The van der Waals surface area contributed by atoms with Gasteiger partial charge in [-0.3, -0.25) is 19.1 Å². The van der Waals surface area contributed by atoms with Crippen molar-refractivity contribution < 1.29 is 37.5 Å². The van der Waals surface area contributed by atoms with Gasteiger partial charge in [0.2, 0.25) is 0 Å². The molecule has 0 saturated carbocycles. The zero-order chi connectivity index (χ0) is 39.1. The molecule has 13 nitrogen and oxygen atoms in total. The molecule has 2 atom stereocenters. The Morgan fingerprint density at radius 1 is 1.04 bits per heavy atom. The number of benzene rings is 2. The van der Waals surface area contributed by atoms with Crippen molar-refractivity contribution in [3.63, 3.8) is 0 Å². The van der Waals surface area contributed by atoms with Crippen LogP contribution in [0.25, 0.3) is 22.4 Å². The van der Waals surface area contributed by atoms with E-state index in [1.54, 1.807) is 33.9 Å². The number of imidazole rings is 1. The Hall–Kier alpha value is -4.70. The highest BCUT2D eigenvalue weighted by Crippen LogP contribution is 2.35. The molecule has 0 spiro atoms. The number of quaternary nitrogens is 1. The number of rotatable bonds is 10. The number of carbonyl (C=O) groups excluding carboxylic acids is 3. The Bertz CT molecular complexity index is 2070. The maximum absolute atomic E-state index is 15.7. The smallest absolute Gasteiger partial charge is 0.291 e. The molecule has 288 valence electrons. The number of carbonyl (C=O) groups is 3. The van der Waals surface area contributed by atoms with Crippen LogP contribution < -0.4 is 5.32 Å². The van der Waals surface area contributed by atoms with Gasteiger partial charge in [-0.1, -0.05) is 31.5 Å². The van der Waals surface area contributed by atoms with Crippen LogP contribution in [-0.4, -0.2) is 129 Å². The minimum absolute atomic E-state index is 0.0181. The molecule has 2 saturated heterocycles.